The van der Waals surface area contributed by atoms with Gasteiger partial charge in [-0.3, -0.25) is 14.8 Å². The van der Waals surface area contributed by atoms with Gasteiger partial charge < -0.3 is 0 Å². The second kappa shape index (κ2) is 7.40. The summed E-state index contributed by atoms with van der Waals surface area (Å²) in [4.78, 5) is 9.32. The highest BCUT2D eigenvalue weighted by molar-refractivity contribution is 6.30. The molecule has 0 aliphatic carbocycles. The molecule has 0 amide bonds. The molecule has 3 fully saturated rings. The Balaban J connectivity index is 1.45. The molecule has 4 heterocycles. The lowest BCUT2D eigenvalue weighted by Gasteiger charge is -2.36. The van der Waals surface area contributed by atoms with Crippen LogP contribution in [0.15, 0.2) is 42.7 Å². The number of rotatable bonds is 4. The summed E-state index contributed by atoms with van der Waals surface area (Å²) in [5.74, 6) is 0.366. The third-order valence-corrected chi connectivity index (χ3v) is 5.71. The molecule has 2 atom stereocenters. The highest BCUT2D eigenvalue weighted by Gasteiger charge is 2.34. The first-order chi connectivity index (χ1) is 12.2. The molecule has 0 spiro atoms. The average molecular weight is 360 g/mol. The zero-order valence-corrected chi connectivity index (χ0v) is 15.0. The maximum atomic E-state index is 13.7. The fraction of sp³-hybridized carbons (Fsp3) is 0.450. The molecule has 5 heteroatoms. The Morgan fingerprint density at radius 2 is 2.00 bits per heavy atom. The number of halogens is 2. The van der Waals surface area contributed by atoms with Gasteiger partial charge in [0.1, 0.15) is 5.82 Å². The Morgan fingerprint density at radius 3 is 2.80 bits per heavy atom. The van der Waals surface area contributed by atoms with Gasteiger partial charge in [-0.1, -0.05) is 23.7 Å². The molecule has 0 N–H and O–H groups in total. The first kappa shape index (κ1) is 17.0. The van der Waals surface area contributed by atoms with Gasteiger partial charge >= 0.3 is 0 Å². The van der Waals surface area contributed by atoms with Gasteiger partial charge in [0, 0.05) is 51.2 Å². The normalized spacial score (nSPS) is 24.4. The van der Waals surface area contributed by atoms with Crippen LogP contribution in [0.3, 0.4) is 0 Å². The van der Waals surface area contributed by atoms with Crippen molar-refractivity contribution in [3.63, 3.8) is 0 Å². The molecule has 2 aromatic rings. The van der Waals surface area contributed by atoms with Crippen LogP contribution in [0.1, 0.15) is 24.0 Å². The van der Waals surface area contributed by atoms with Gasteiger partial charge in [-0.15, -0.1) is 0 Å². The fourth-order valence-corrected chi connectivity index (χ4v) is 4.34. The van der Waals surface area contributed by atoms with Crippen LogP contribution in [0, 0.1) is 11.7 Å². The van der Waals surface area contributed by atoms with Gasteiger partial charge in [0.2, 0.25) is 0 Å². The summed E-state index contributed by atoms with van der Waals surface area (Å²) in [6, 6.07) is 9.87. The topological polar surface area (TPSA) is 19.4 Å². The third-order valence-electron chi connectivity index (χ3n) is 5.40. The van der Waals surface area contributed by atoms with Crippen LogP contribution in [-0.2, 0) is 13.1 Å². The Bertz CT molecular complexity index is 724. The predicted molar refractivity (Wildman–Crippen MR) is 97.8 cm³/mol. The van der Waals surface area contributed by atoms with E-state index in [1.807, 2.05) is 24.5 Å². The Morgan fingerprint density at radius 1 is 1.08 bits per heavy atom. The molecular formula is C20H23ClFN3. The summed E-state index contributed by atoms with van der Waals surface area (Å²) in [5, 5.41) is 0.198. The zero-order valence-electron chi connectivity index (χ0n) is 14.2. The van der Waals surface area contributed by atoms with Gasteiger partial charge in [0.15, 0.2) is 0 Å². The summed E-state index contributed by atoms with van der Waals surface area (Å²) >= 11 is 5.81. The van der Waals surface area contributed by atoms with Crippen LogP contribution >= 0.6 is 11.6 Å². The Labute approximate surface area is 153 Å². The lowest BCUT2D eigenvalue weighted by atomic mass is 9.94. The molecule has 3 aliphatic rings. The maximum Gasteiger partial charge on any atom is 0.142 e. The van der Waals surface area contributed by atoms with Crippen molar-refractivity contribution in [2.24, 2.45) is 5.92 Å². The van der Waals surface area contributed by atoms with E-state index in [4.69, 9.17) is 11.6 Å². The van der Waals surface area contributed by atoms with Crippen molar-refractivity contribution in [1.29, 1.82) is 0 Å². The van der Waals surface area contributed by atoms with Crippen LogP contribution < -0.4 is 0 Å². The number of pyridine rings is 1. The Kier molecular flexibility index (Phi) is 5.02. The molecule has 2 bridgehead atoms. The molecule has 0 unspecified atom stereocenters. The highest BCUT2D eigenvalue weighted by Crippen LogP contribution is 2.30. The highest BCUT2D eigenvalue weighted by atomic mass is 35.5. The zero-order chi connectivity index (χ0) is 17.2. The average Bonchev–Trinajstić information content (AvgIpc) is 2.89. The van der Waals surface area contributed by atoms with E-state index in [-0.39, 0.29) is 10.8 Å². The monoisotopic (exact) mass is 359 g/mol. The number of nitrogens with zero attached hydrogens (tertiary/aromatic N) is 3. The molecule has 1 aromatic carbocycles. The van der Waals surface area contributed by atoms with Crippen molar-refractivity contribution >= 4 is 11.6 Å². The van der Waals surface area contributed by atoms with E-state index in [2.05, 4.69) is 20.9 Å². The van der Waals surface area contributed by atoms with E-state index < -0.39 is 0 Å². The number of aromatic nitrogens is 1. The molecule has 5 rings (SSSR count). The van der Waals surface area contributed by atoms with Crippen molar-refractivity contribution in [3.05, 3.63) is 64.7 Å². The van der Waals surface area contributed by atoms with Gasteiger partial charge in [0.25, 0.3) is 0 Å². The van der Waals surface area contributed by atoms with Crippen molar-refractivity contribution in [3.8, 4) is 0 Å². The molecule has 1 aromatic heterocycles. The molecular weight excluding hydrogens is 337 g/mol. The van der Waals surface area contributed by atoms with E-state index in [0.29, 0.717) is 12.0 Å². The van der Waals surface area contributed by atoms with Gasteiger partial charge in [-0.25, -0.2) is 4.39 Å². The largest absolute Gasteiger partial charge is 0.297 e. The SMILES string of the molecule is Fc1cc(CN2C[C@H]3CC[C@@H]2CN(Cc2cccnc2)C3)ccc1Cl. The molecule has 132 valence electrons. The second-order valence-corrected chi connectivity index (χ2v) is 7.74. The number of hydrogen-bond donors (Lipinski definition) is 0. The maximum absolute atomic E-state index is 13.7. The number of fused-ring (bicyclic) bond motifs is 4. The van der Waals surface area contributed by atoms with Crippen molar-refractivity contribution < 1.29 is 4.39 Å². The van der Waals surface area contributed by atoms with E-state index in [0.717, 1.165) is 38.3 Å². The van der Waals surface area contributed by atoms with E-state index >= 15 is 0 Å². The standard InChI is InChI=1S/C20H23ClFN3/c21-19-6-4-15(8-20(19)22)12-25-13-17-3-5-18(25)14-24(11-17)10-16-2-1-7-23-9-16/h1-2,4,6-9,17-18H,3,5,10-14H2/t17-,18+/m0/s1. The molecule has 0 saturated carbocycles. The number of piperidine rings is 1. The van der Waals surface area contributed by atoms with Gasteiger partial charge in [-0.05, 0) is 48.1 Å². The van der Waals surface area contributed by atoms with Crippen LogP contribution in [0.4, 0.5) is 4.39 Å². The van der Waals surface area contributed by atoms with Crippen LogP contribution in [-0.4, -0.2) is 40.5 Å². The van der Waals surface area contributed by atoms with E-state index in [1.54, 1.807) is 12.1 Å². The third kappa shape index (κ3) is 4.02. The first-order valence-corrected chi connectivity index (χ1v) is 9.34. The quantitative estimate of drug-likeness (QED) is 0.823. The van der Waals surface area contributed by atoms with Gasteiger partial charge in [0.05, 0.1) is 5.02 Å². The summed E-state index contributed by atoms with van der Waals surface area (Å²) in [6.07, 6.45) is 6.30. The summed E-state index contributed by atoms with van der Waals surface area (Å²) < 4.78 is 13.7. The fourth-order valence-electron chi connectivity index (χ4n) is 4.22. The smallest absolute Gasteiger partial charge is 0.142 e. The minimum atomic E-state index is -0.322. The van der Waals surface area contributed by atoms with Crippen molar-refractivity contribution in [1.82, 2.24) is 14.8 Å². The van der Waals surface area contributed by atoms with E-state index in [9.17, 15) is 4.39 Å². The Hall–Kier alpha value is -1.49. The van der Waals surface area contributed by atoms with Crippen LogP contribution in [0.5, 0.6) is 0 Å². The van der Waals surface area contributed by atoms with Crippen LogP contribution in [0.25, 0.3) is 0 Å². The summed E-state index contributed by atoms with van der Waals surface area (Å²) in [7, 11) is 0. The predicted octanol–water partition coefficient (Wildman–Crippen LogP) is 3.97. The number of benzene rings is 1. The summed E-state index contributed by atoms with van der Waals surface area (Å²) in [5.41, 5.74) is 2.28. The second-order valence-electron chi connectivity index (χ2n) is 7.33. The minimum Gasteiger partial charge on any atom is -0.297 e. The van der Waals surface area contributed by atoms with Gasteiger partial charge in [-0.2, -0.15) is 0 Å². The molecule has 3 saturated heterocycles. The minimum absolute atomic E-state index is 0.198. The summed E-state index contributed by atoms with van der Waals surface area (Å²) in [6.45, 7) is 5.07. The lowest BCUT2D eigenvalue weighted by molar-refractivity contribution is 0.123. The molecule has 0 radical (unpaired) electrons. The number of hydrogen-bond acceptors (Lipinski definition) is 3. The molecule has 25 heavy (non-hydrogen) atoms. The van der Waals surface area contributed by atoms with Crippen LogP contribution in [0.2, 0.25) is 5.02 Å². The van der Waals surface area contributed by atoms with Crippen molar-refractivity contribution in [2.75, 3.05) is 19.6 Å². The first-order valence-electron chi connectivity index (χ1n) is 8.96. The lowest BCUT2D eigenvalue weighted by Crippen LogP contribution is -2.43. The molecule has 3 nitrogen and oxygen atoms in total. The molecule has 3 aliphatic heterocycles. The van der Waals surface area contributed by atoms with Crippen molar-refractivity contribution in [2.45, 2.75) is 32.0 Å². The van der Waals surface area contributed by atoms with E-state index in [1.165, 1.54) is 18.4 Å².